The number of furan rings is 1. The number of hydrogen-bond donors (Lipinski definition) is 0. The largest absolute Gasteiger partial charge is 0.456 e. The lowest BCUT2D eigenvalue weighted by Crippen LogP contribution is -2.00. The van der Waals surface area contributed by atoms with Gasteiger partial charge in [-0.3, -0.25) is 0 Å². The lowest BCUT2D eigenvalue weighted by Gasteiger charge is -2.10. The summed E-state index contributed by atoms with van der Waals surface area (Å²) < 4.78 is 8.95. The van der Waals surface area contributed by atoms with Gasteiger partial charge >= 0.3 is 0 Å². The highest BCUT2D eigenvalue weighted by molar-refractivity contribution is 6.13. The minimum absolute atomic E-state index is 0.594. The van der Waals surface area contributed by atoms with Crippen molar-refractivity contribution < 1.29 is 4.42 Å². The van der Waals surface area contributed by atoms with Gasteiger partial charge in [0, 0.05) is 43.9 Å². The van der Waals surface area contributed by atoms with Crippen molar-refractivity contribution in [3.8, 4) is 62.1 Å². The topological polar surface area (TPSA) is 56.7 Å². The fourth-order valence-corrected chi connectivity index (χ4v) is 8.01. The van der Waals surface area contributed by atoms with Crippen LogP contribution in [0.4, 0.5) is 0 Å². The van der Waals surface area contributed by atoms with E-state index < -0.39 is 0 Å². The molecule has 11 rings (SSSR count). The normalized spacial score (nSPS) is 11.6. The van der Waals surface area contributed by atoms with E-state index in [0.717, 1.165) is 66.6 Å². The van der Waals surface area contributed by atoms with Crippen LogP contribution in [0.15, 0.2) is 199 Å². The first-order valence-corrected chi connectivity index (χ1v) is 18.8. The minimum Gasteiger partial charge on any atom is -0.456 e. The fourth-order valence-electron chi connectivity index (χ4n) is 8.01. The predicted molar refractivity (Wildman–Crippen MR) is 229 cm³/mol. The molecule has 0 atom stereocenters. The molecule has 0 bridgehead atoms. The summed E-state index contributed by atoms with van der Waals surface area (Å²) in [6, 6.07) is 67.6. The third-order valence-electron chi connectivity index (χ3n) is 10.6. The Bertz CT molecular complexity index is 3180. The highest BCUT2D eigenvalue weighted by atomic mass is 16.3. The molecular formula is C51H32N4O. The summed E-state index contributed by atoms with van der Waals surface area (Å²) in [4.78, 5) is 14.8. The van der Waals surface area contributed by atoms with E-state index in [0.29, 0.717) is 17.5 Å². The van der Waals surface area contributed by atoms with Crippen LogP contribution in [0.1, 0.15) is 0 Å². The average molecular weight is 717 g/mol. The second-order valence-electron chi connectivity index (χ2n) is 14.0. The van der Waals surface area contributed by atoms with Gasteiger partial charge in [0.05, 0.1) is 11.0 Å². The van der Waals surface area contributed by atoms with Crippen molar-refractivity contribution in [2.24, 2.45) is 0 Å². The number of benzene rings is 8. The van der Waals surface area contributed by atoms with Crippen LogP contribution in [0, 0.1) is 0 Å². The van der Waals surface area contributed by atoms with Gasteiger partial charge in [-0.15, -0.1) is 0 Å². The molecule has 0 radical (unpaired) electrons. The third-order valence-corrected chi connectivity index (χ3v) is 10.6. The average Bonchev–Trinajstić information content (AvgIpc) is 3.82. The van der Waals surface area contributed by atoms with Crippen LogP contribution in [0.5, 0.6) is 0 Å². The maximum atomic E-state index is 6.58. The lowest BCUT2D eigenvalue weighted by molar-refractivity contribution is 0.669. The summed E-state index contributed by atoms with van der Waals surface area (Å²) in [5.74, 6) is 1.85. The van der Waals surface area contributed by atoms with Crippen molar-refractivity contribution in [2.75, 3.05) is 0 Å². The highest BCUT2D eigenvalue weighted by Gasteiger charge is 2.18. The molecule has 5 nitrogen and oxygen atoms in total. The first-order chi connectivity index (χ1) is 27.7. The Kier molecular flexibility index (Phi) is 7.42. The summed E-state index contributed by atoms with van der Waals surface area (Å²) in [7, 11) is 0. The summed E-state index contributed by atoms with van der Waals surface area (Å²) in [6.45, 7) is 0. The van der Waals surface area contributed by atoms with Gasteiger partial charge in [0.15, 0.2) is 17.5 Å². The minimum atomic E-state index is 0.594. The van der Waals surface area contributed by atoms with E-state index in [2.05, 4.69) is 132 Å². The van der Waals surface area contributed by atoms with E-state index in [1.165, 1.54) is 21.8 Å². The van der Waals surface area contributed by atoms with E-state index in [1.54, 1.807) is 0 Å². The molecule has 8 aromatic carbocycles. The van der Waals surface area contributed by atoms with Crippen molar-refractivity contribution >= 4 is 43.7 Å². The number of fused-ring (bicyclic) bond motifs is 6. The van der Waals surface area contributed by atoms with Crippen LogP contribution in [0.25, 0.3) is 106 Å². The van der Waals surface area contributed by atoms with Crippen molar-refractivity contribution in [3.63, 3.8) is 0 Å². The van der Waals surface area contributed by atoms with Crippen molar-refractivity contribution in [2.45, 2.75) is 0 Å². The standard InChI is InChI=1S/C51H32N4O/c1-4-14-33(15-5-1)49-52-50(34-16-6-2-7-17-34)54-51(53-49)38-27-29-43-47(32-38)56-46-25-13-23-40(48(43)46)37-19-12-18-35(30-37)36-26-28-42-41-22-10-11-24-44(41)55(45(42)31-36)39-20-8-3-9-21-39/h1-32H. The first-order valence-electron chi connectivity index (χ1n) is 18.8. The van der Waals surface area contributed by atoms with E-state index in [-0.39, 0.29) is 0 Å². The van der Waals surface area contributed by atoms with Crippen LogP contribution in [-0.2, 0) is 0 Å². The number of hydrogen-bond acceptors (Lipinski definition) is 4. The summed E-state index contributed by atoms with van der Waals surface area (Å²) >= 11 is 0. The van der Waals surface area contributed by atoms with E-state index in [1.807, 2.05) is 66.7 Å². The molecule has 0 aliphatic rings. The van der Waals surface area contributed by atoms with Crippen LogP contribution < -0.4 is 0 Å². The molecule has 0 amide bonds. The predicted octanol–water partition coefficient (Wildman–Crippen LogP) is 13.2. The smallest absolute Gasteiger partial charge is 0.164 e. The van der Waals surface area contributed by atoms with E-state index in [9.17, 15) is 0 Å². The summed E-state index contributed by atoms with van der Waals surface area (Å²) in [5, 5.41) is 4.61. The van der Waals surface area contributed by atoms with Gasteiger partial charge in [-0.05, 0) is 70.8 Å². The third kappa shape index (κ3) is 5.37. The molecule has 0 N–H and O–H groups in total. The fraction of sp³-hybridized carbons (Fsp3) is 0. The van der Waals surface area contributed by atoms with Crippen LogP contribution in [0.3, 0.4) is 0 Å². The Morgan fingerprint density at radius 1 is 0.339 bits per heavy atom. The molecular weight excluding hydrogens is 685 g/mol. The Hall–Kier alpha value is -7.63. The van der Waals surface area contributed by atoms with E-state index in [4.69, 9.17) is 19.4 Å². The SMILES string of the molecule is c1ccc(-c2nc(-c3ccccc3)nc(-c3ccc4c(c3)oc3cccc(-c5cccc(-c6ccc7c8ccccc8n(-c8ccccc8)c7c6)c5)c34)n2)cc1. The highest BCUT2D eigenvalue weighted by Crippen LogP contribution is 2.40. The summed E-state index contributed by atoms with van der Waals surface area (Å²) in [6.07, 6.45) is 0. The maximum Gasteiger partial charge on any atom is 0.164 e. The number of para-hydroxylation sites is 2. The molecule has 0 unspecified atom stereocenters. The molecule has 0 fully saturated rings. The molecule has 3 aromatic heterocycles. The molecule has 11 aromatic rings. The molecule has 0 saturated carbocycles. The van der Waals surface area contributed by atoms with Crippen LogP contribution in [-0.4, -0.2) is 19.5 Å². The number of aromatic nitrogens is 4. The molecule has 0 aliphatic carbocycles. The Morgan fingerprint density at radius 2 is 0.893 bits per heavy atom. The van der Waals surface area contributed by atoms with Gasteiger partial charge in [-0.25, -0.2) is 15.0 Å². The van der Waals surface area contributed by atoms with Crippen LogP contribution >= 0.6 is 0 Å². The quantitative estimate of drug-likeness (QED) is 0.172. The molecule has 0 spiro atoms. The molecule has 3 heterocycles. The van der Waals surface area contributed by atoms with Gasteiger partial charge < -0.3 is 8.98 Å². The van der Waals surface area contributed by atoms with E-state index >= 15 is 0 Å². The van der Waals surface area contributed by atoms with Crippen molar-refractivity contribution in [1.82, 2.24) is 19.5 Å². The Balaban J connectivity index is 1.02. The molecule has 262 valence electrons. The molecule has 56 heavy (non-hydrogen) atoms. The molecule has 0 aliphatic heterocycles. The molecule has 5 heteroatoms. The van der Waals surface area contributed by atoms with Crippen molar-refractivity contribution in [1.29, 1.82) is 0 Å². The molecule has 0 saturated heterocycles. The second kappa shape index (κ2) is 13.0. The first kappa shape index (κ1) is 31.9. The monoisotopic (exact) mass is 716 g/mol. The van der Waals surface area contributed by atoms with Gasteiger partial charge in [0.2, 0.25) is 0 Å². The second-order valence-corrected chi connectivity index (χ2v) is 14.0. The van der Waals surface area contributed by atoms with Crippen molar-refractivity contribution in [3.05, 3.63) is 194 Å². The number of rotatable bonds is 6. The maximum absolute atomic E-state index is 6.58. The zero-order valence-corrected chi connectivity index (χ0v) is 30.2. The zero-order chi connectivity index (χ0) is 37.0. The van der Waals surface area contributed by atoms with Crippen LogP contribution in [0.2, 0.25) is 0 Å². The Morgan fingerprint density at radius 3 is 1.64 bits per heavy atom. The lowest BCUT2D eigenvalue weighted by atomic mass is 9.95. The Labute approximate surface area is 322 Å². The summed E-state index contributed by atoms with van der Waals surface area (Å²) in [5.41, 5.74) is 12.4. The van der Waals surface area contributed by atoms with Gasteiger partial charge in [-0.1, -0.05) is 146 Å². The van der Waals surface area contributed by atoms with Gasteiger partial charge in [0.25, 0.3) is 0 Å². The number of nitrogens with zero attached hydrogens (tertiary/aromatic N) is 4. The van der Waals surface area contributed by atoms with Gasteiger partial charge in [0.1, 0.15) is 11.2 Å². The van der Waals surface area contributed by atoms with Gasteiger partial charge in [-0.2, -0.15) is 0 Å². The zero-order valence-electron chi connectivity index (χ0n) is 30.2.